The van der Waals surface area contributed by atoms with Crippen molar-refractivity contribution in [2.75, 3.05) is 39.6 Å². The highest BCUT2D eigenvalue weighted by molar-refractivity contribution is 7.48. The molecule has 0 saturated carbocycles. The number of unbranched alkanes of at least 4 members (excludes halogenated alkanes) is 15. The van der Waals surface area contributed by atoms with E-state index < -0.39 is 50.2 Å². The monoisotopic (exact) mass is 787 g/mol. The van der Waals surface area contributed by atoms with E-state index in [-0.39, 0.29) is 45.2 Å². The Morgan fingerprint density at radius 3 is 1.89 bits per heavy atom. The quantitative estimate of drug-likeness (QED) is 0.0289. The molecule has 2 aliphatic rings. The second kappa shape index (κ2) is 28.9. The van der Waals surface area contributed by atoms with E-state index in [4.69, 9.17) is 37.3 Å². The van der Waals surface area contributed by atoms with Gasteiger partial charge in [0.05, 0.1) is 39.5 Å². The van der Waals surface area contributed by atoms with Crippen LogP contribution in [0.25, 0.3) is 0 Å². The van der Waals surface area contributed by atoms with Gasteiger partial charge in [-0.3, -0.25) is 23.2 Å². The van der Waals surface area contributed by atoms with E-state index in [2.05, 4.69) is 32.3 Å². The number of phosphoric acid groups is 1. The summed E-state index contributed by atoms with van der Waals surface area (Å²) in [6, 6.07) is -0.817. The smallest absolute Gasteiger partial charge is 0.373 e. The van der Waals surface area contributed by atoms with Gasteiger partial charge in [-0.15, -0.1) is 13.2 Å². The molecule has 12 nitrogen and oxygen atoms in total. The van der Waals surface area contributed by atoms with Crippen LogP contribution in [0.1, 0.15) is 150 Å². The van der Waals surface area contributed by atoms with Crippen LogP contribution in [0.3, 0.4) is 0 Å². The normalized spacial score (nSPS) is 22.4. The highest BCUT2D eigenvalue weighted by Gasteiger charge is 2.53. The van der Waals surface area contributed by atoms with Gasteiger partial charge in [0.1, 0.15) is 30.1 Å². The number of nitrogens with one attached hydrogen (secondary N) is 1. The zero-order chi connectivity index (χ0) is 39.5. The fraction of sp³-hybridized carbons (Fsp3) is 0.854. The zero-order valence-electron chi connectivity index (χ0n) is 34.1. The standard InChI is InChI=1S/C41H74NO11P/c1-7-11-13-15-17-19-20-22-24-26-34(43)32-36(44)42-37-39(46-29-25-23-21-18-16-14-12-8-2)38-35(33-48-41(5,6)53-38)52-40(37)47-30-31-51-54(45,49-27-9-3)50-28-10-4/h9-10,35,37-40H,3-4,7-8,11-33H2,1-2,5-6H3,(H,42,44)/t35-,37-,38-,39-,40+/m1/s1. The Hall–Kier alpha value is -1.47. The molecule has 0 aliphatic carbocycles. The van der Waals surface area contributed by atoms with E-state index >= 15 is 0 Å². The zero-order valence-corrected chi connectivity index (χ0v) is 35.0. The first-order valence-electron chi connectivity index (χ1n) is 20.8. The van der Waals surface area contributed by atoms with Crippen molar-refractivity contribution < 1.29 is 51.4 Å². The van der Waals surface area contributed by atoms with Crippen molar-refractivity contribution in [3.05, 3.63) is 25.3 Å². The molecule has 5 atom stereocenters. The molecule has 0 spiro atoms. The molecule has 2 saturated heterocycles. The molecule has 0 aromatic heterocycles. The Morgan fingerprint density at radius 1 is 0.759 bits per heavy atom. The summed E-state index contributed by atoms with van der Waals surface area (Å²) in [4.78, 5) is 26.4. The van der Waals surface area contributed by atoms with Crippen LogP contribution >= 0.6 is 7.82 Å². The molecule has 1 N–H and O–H groups in total. The number of Topliss-reactive ketones (excluding diaryl/α,β-unsaturated/α-hetero) is 1. The highest BCUT2D eigenvalue weighted by atomic mass is 31.2. The minimum Gasteiger partial charge on any atom is -0.373 e. The van der Waals surface area contributed by atoms with Crippen LogP contribution in [0.5, 0.6) is 0 Å². The van der Waals surface area contributed by atoms with Gasteiger partial charge in [-0.2, -0.15) is 0 Å². The van der Waals surface area contributed by atoms with Crippen molar-refractivity contribution in [3.8, 4) is 0 Å². The van der Waals surface area contributed by atoms with E-state index in [0.29, 0.717) is 13.0 Å². The number of hydrogen-bond acceptors (Lipinski definition) is 11. The fourth-order valence-electron chi connectivity index (χ4n) is 6.62. The number of fused-ring (bicyclic) bond motifs is 1. The molecular formula is C41H74NO11P. The molecule has 1 amide bonds. The van der Waals surface area contributed by atoms with Crippen LogP contribution in [0.15, 0.2) is 25.3 Å². The molecule has 0 unspecified atom stereocenters. The molecule has 0 aromatic rings. The van der Waals surface area contributed by atoms with E-state index in [9.17, 15) is 14.2 Å². The summed E-state index contributed by atoms with van der Waals surface area (Å²) in [5.41, 5.74) is 0. The van der Waals surface area contributed by atoms with Gasteiger partial charge >= 0.3 is 7.82 Å². The minimum absolute atomic E-state index is 0.0374. The van der Waals surface area contributed by atoms with Crippen molar-refractivity contribution in [1.82, 2.24) is 5.32 Å². The third-order valence-electron chi connectivity index (χ3n) is 9.53. The van der Waals surface area contributed by atoms with Gasteiger partial charge in [0, 0.05) is 13.0 Å². The van der Waals surface area contributed by atoms with E-state index in [1.54, 1.807) is 0 Å². The Morgan fingerprint density at radius 2 is 1.31 bits per heavy atom. The molecule has 0 bridgehead atoms. The molecule has 0 aromatic carbocycles. The summed E-state index contributed by atoms with van der Waals surface area (Å²) in [6.45, 7) is 15.6. The topological polar surface area (TPSA) is 137 Å². The van der Waals surface area contributed by atoms with E-state index in [1.165, 1.54) is 82.8 Å². The average molecular weight is 788 g/mol. The maximum Gasteiger partial charge on any atom is 0.475 e. The lowest BCUT2D eigenvalue weighted by Crippen LogP contribution is -2.69. The lowest BCUT2D eigenvalue weighted by Gasteiger charge is -2.51. The van der Waals surface area contributed by atoms with Gasteiger partial charge in [0.15, 0.2) is 12.1 Å². The van der Waals surface area contributed by atoms with Crippen LogP contribution in [0, 0.1) is 0 Å². The molecule has 2 heterocycles. The molecule has 314 valence electrons. The maximum absolute atomic E-state index is 13.5. The molecule has 13 heteroatoms. The lowest BCUT2D eigenvalue weighted by atomic mass is 9.94. The Kier molecular flexibility index (Phi) is 26.0. The summed E-state index contributed by atoms with van der Waals surface area (Å²) >= 11 is 0. The number of rotatable bonds is 34. The molecule has 2 fully saturated rings. The van der Waals surface area contributed by atoms with Crippen LogP contribution in [-0.2, 0) is 51.4 Å². The minimum atomic E-state index is -3.92. The van der Waals surface area contributed by atoms with Crippen molar-refractivity contribution in [2.45, 2.75) is 186 Å². The summed E-state index contributed by atoms with van der Waals surface area (Å²) in [6.07, 6.45) is 19.8. The third-order valence-corrected chi connectivity index (χ3v) is 11.0. The SMILES string of the molecule is C=CCOP(=O)(OCC=C)OCCO[C@H]1O[C@@H]2COC(C)(C)O[C@H]2[C@H](OCCCCCCCCCC)[C@H]1NC(=O)CC(=O)CCCCCCCCCCC. The van der Waals surface area contributed by atoms with E-state index in [1.807, 2.05) is 13.8 Å². The molecule has 2 aliphatic heterocycles. The van der Waals surface area contributed by atoms with Crippen molar-refractivity contribution in [2.24, 2.45) is 0 Å². The molecular weight excluding hydrogens is 713 g/mol. The average Bonchev–Trinajstić information content (AvgIpc) is 3.14. The largest absolute Gasteiger partial charge is 0.475 e. The van der Waals surface area contributed by atoms with Crippen LogP contribution < -0.4 is 5.32 Å². The third kappa shape index (κ3) is 20.6. The molecule has 0 radical (unpaired) electrons. The predicted octanol–water partition coefficient (Wildman–Crippen LogP) is 9.30. The van der Waals surface area contributed by atoms with Crippen molar-refractivity contribution in [1.29, 1.82) is 0 Å². The van der Waals surface area contributed by atoms with E-state index in [0.717, 1.165) is 38.5 Å². The first kappa shape index (κ1) is 48.7. The van der Waals surface area contributed by atoms with Crippen molar-refractivity contribution in [3.63, 3.8) is 0 Å². The van der Waals surface area contributed by atoms with Crippen molar-refractivity contribution >= 4 is 19.5 Å². The number of hydrogen-bond donors (Lipinski definition) is 1. The van der Waals surface area contributed by atoms with Gasteiger partial charge in [0.2, 0.25) is 5.91 Å². The second-order valence-corrected chi connectivity index (χ2v) is 16.5. The van der Waals surface area contributed by atoms with Gasteiger partial charge in [-0.05, 0) is 26.7 Å². The highest BCUT2D eigenvalue weighted by Crippen LogP contribution is 2.49. The first-order valence-corrected chi connectivity index (χ1v) is 22.3. The van der Waals surface area contributed by atoms with Gasteiger partial charge in [0.25, 0.3) is 0 Å². The number of ether oxygens (including phenoxy) is 5. The number of carbonyl (C=O) groups is 2. The predicted molar refractivity (Wildman–Crippen MR) is 211 cm³/mol. The first-order chi connectivity index (χ1) is 26.1. The Labute approximate surface area is 326 Å². The van der Waals surface area contributed by atoms with Crippen LogP contribution in [-0.4, -0.2) is 87.8 Å². The lowest BCUT2D eigenvalue weighted by molar-refractivity contribution is -0.372. The maximum atomic E-state index is 13.5. The fourth-order valence-corrected chi connectivity index (χ4v) is 7.72. The van der Waals surface area contributed by atoms with Gasteiger partial charge in [-0.1, -0.05) is 122 Å². The number of amides is 1. The summed E-state index contributed by atoms with van der Waals surface area (Å²) in [7, 11) is -3.92. The van der Waals surface area contributed by atoms with Gasteiger partial charge < -0.3 is 29.0 Å². The Balaban J connectivity index is 2.09. The molecule has 54 heavy (non-hydrogen) atoms. The summed E-state index contributed by atoms with van der Waals surface area (Å²) < 4.78 is 60.4. The molecule has 2 rings (SSSR count). The summed E-state index contributed by atoms with van der Waals surface area (Å²) in [5.74, 6) is -1.44. The Bertz CT molecular complexity index is 1070. The second-order valence-electron chi connectivity index (χ2n) is 14.9. The van der Waals surface area contributed by atoms with Gasteiger partial charge in [-0.25, -0.2) is 4.57 Å². The number of ketones is 1. The number of phosphoric ester groups is 1. The van der Waals surface area contributed by atoms with Crippen LogP contribution in [0.4, 0.5) is 0 Å². The summed E-state index contributed by atoms with van der Waals surface area (Å²) in [5, 5.41) is 3.02. The number of carbonyl (C=O) groups excluding carboxylic acids is 2. The van der Waals surface area contributed by atoms with Crippen LogP contribution in [0.2, 0.25) is 0 Å².